The first-order chi connectivity index (χ1) is 9.98. The molecule has 118 valence electrons. The van der Waals surface area contributed by atoms with Gasteiger partial charge in [0, 0.05) is 19.0 Å². The number of alkyl halides is 1. The number of piperidine rings is 1. The number of hydrogen-bond donors (Lipinski definition) is 0. The standard InChI is InChI=1S/C16H24ClNO2S/c1-3-4-14-7-9-18(10-8-14)21(19,20)16-6-5-13(2)15(11-16)12-17/h5-6,11,14H,3-4,7-10,12H2,1-2H3. The lowest BCUT2D eigenvalue weighted by molar-refractivity contribution is 0.262. The highest BCUT2D eigenvalue weighted by Gasteiger charge is 2.29. The van der Waals surface area contributed by atoms with Crippen molar-refractivity contribution in [2.75, 3.05) is 13.1 Å². The van der Waals surface area contributed by atoms with Crippen molar-refractivity contribution in [3.63, 3.8) is 0 Å². The first-order valence-electron chi connectivity index (χ1n) is 7.64. The van der Waals surface area contributed by atoms with Gasteiger partial charge in [-0.25, -0.2) is 8.42 Å². The van der Waals surface area contributed by atoms with Gasteiger partial charge in [-0.05, 0) is 48.9 Å². The summed E-state index contributed by atoms with van der Waals surface area (Å²) < 4.78 is 27.1. The third kappa shape index (κ3) is 3.79. The van der Waals surface area contributed by atoms with Crippen molar-refractivity contribution >= 4 is 21.6 Å². The first-order valence-corrected chi connectivity index (χ1v) is 9.62. The maximum atomic E-state index is 12.7. The fraction of sp³-hybridized carbons (Fsp3) is 0.625. The van der Waals surface area contributed by atoms with Crippen molar-refractivity contribution in [2.45, 2.75) is 50.3 Å². The molecule has 0 N–H and O–H groups in total. The molecule has 0 saturated carbocycles. The molecule has 0 radical (unpaired) electrons. The largest absolute Gasteiger partial charge is 0.243 e. The van der Waals surface area contributed by atoms with Gasteiger partial charge in [0.15, 0.2) is 0 Å². The molecule has 0 aliphatic carbocycles. The first kappa shape index (κ1) is 16.8. The molecule has 0 aromatic heterocycles. The monoisotopic (exact) mass is 329 g/mol. The van der Waals surface area contributed by atoms with Crippen LogP contribution in [0.25, 0.3) is 0 Å². The van der Waals surface area contributed by atoms with Crippen molar-refractivity contribution in [1.29, 1.82) is 0 Å². The van der Waals surface area contributed by atoms with Crippen LogP contribution in [0.15, 0.2) is 23.1 Å². The van der Waals surface area contributed by atoms with Crippen molar-refractivity contribution in [2.24, 2.45) is 5.92 Å². The average Bonchev–Trinajstić information content (AvgIpc) is 2.48. The zero-order valence-electron chi connectivity index (χ0n) is 12.8. The number of benzene rings is 1. The summed E-state index contributed by atoms with van der Waals surface area (Å²) in [5.74, 6) is 1.02. The molecular weight excluding hydrogens is 306 g/mol. The molecule has 1 heterocycles. The predicted octanol–water partition coefficient (Wildman–Crippen LogP) is 3.93. The minimum Gasteiger partial charge on any atom is -0.207 e. The zero-order chi connectivity index (χ0) is 15.5. The third-order valence-electron chi connectivity index (χ3n) is 4.37. The van der Waals surface area contributed by atoms with E-state index in [1.54, 1.807) is 16.4 Å². The summed E-state index contributed by atoms with van der Waals surface area (Å²) in [5.41, 5.74) is 1.92. The molecule has 0 atom stereocenters. The summed E-state index contributed by atoms with van der Waals surface area (Å²) in [4.78, 5) is 0.373. The van der Waals surface area contributed by atoms with E-state index in [4.69, 9.17) is 11.6 Å². The van der Waals surface area contributed by atoms with Gasteiger partial charge in [-0.1, -0.05) is 25.8 Å². The Morgan fingerprint density at radius 1 is 1.29 bits per heavy atom. The van der Waals surface area contributed by atoms with Gasteiger partial charge in [0.25, 0.3) is 0 Å². The van der Waals surface area contributed by atoms with Gasteiger partial charge in [-0.2, -0.15) is 4.31 Å². The van der Waals surface area contributed by atoms with Crippen LogP contribution in [0.1, 0.15) is 43.7 Å². The molecule has 0 bridgehead atoms. The molecule has 1 fully saturated rings. The van der Waals surface area contributed by atoms with Crippen molar-refractivity contribution < 1.29 is 8.42 Å². The molecule has 0 amide bonds. The summed E-state index contributed by atoms with van der Waals surface area (Å²) in [6.07, 6.45) is 4.33. The highest BCUT2D eigenvalue weighted by Crippen LogP contribution is 2.27. The molecule has 3 nitrogen and oxygen atoms in total. The lowest BCUT2D eigenvalue weighted by Crippen LogP contribution is -2.38. The van der Waals surface area contributed by atoms with Crippen LogP contribution in [0.2, 0.25) is 0 Å². The topological polar surface area (TPSA) is 37.4 Å². The van der Waals surface area contributed by atoms with Crippen LogP contribution in [0.3, 0.4) is 0 Å². The van der Waals surface area contributed by atoms with E-state index in [0.29, 0.717) is 29.8 Å². The molecule has 1 aliphatic rings. The van der Waals surface area contributed by atoms with Gasteiger partial charge in [-0.15, -0.1) is 11.6 Å². The minimum absolute atomic E-state index is 0.341. The van der Waals surface area contributed by atoms with Crippen LogP contribution >= 0.6 is 11.6 Å². The van der Waals surface area contributed by atoms with Crippen LogP contribution in [0.5, 0.6) is 0 Å². The van der Waals surface area contributed by atoms with Crippen molar-refractivity contribution in [3.8, 4) is 0 Å². The lowest BCUT2D eigenvalue weighted by Gasteiger charge is -2.31. The number of sulfonamides is 1. The summed E-state index contributed by atoms with van der Waals surface area (Å²) in [6, 6.07) is 5.25. The van der Waals surface area contributed by atoms with Crippen LogP contribution < -0.4 is 0 Å². The van der Waals surface area contributed by atoms with Gasteiger partial charge in [0.1, 0.15) is 0 Å². The Balaban J connectivity index is 2.15. The molecule has 1 aromatic rings. The Kier molecular flexibility index (Phi) is 5.69. The number of aryl methyl sites for hydroxylation is 1. The quantitative estimate of drug-likeness (QED) is 0.767. The molecule has 1 aromatic carbocycles. The van der Waals surface area contributed by atoms with Crippen molar-refractivity contribution in [3.05, 3.63) is 29.3 Å². The molecule has 5 heteroatoms. The van der Waals surface area contributed by atoms with E-state index < -0.39 is 10.0 Å². The lowest BCUT2D eigenvalue weighted by atomic mass is 9.94. The second-order valence-corrected chi connectivity index (χ2v) is 8.06. The third-order valence-corrected chi connectivity index (χ3v) is 6.56. The van der Waals surface area contributed by atoms with Crippen molar-refractivity contribution in [1.82, 2.24) is 4.31 Å². The van der Waals surface area contributed by atoms with Crippen LogP contribution in [0, 0.1) is 12.8 Å². The van der Waals surface area contributed by atoms with E-state index in [9.17, 15) is 8.42 Å². The Morgan fingerprint density at radius 3 is 2.52 bits per heavy atom. The van der Waals surface area contributed by atoms with E-state index in [1.165, 1.54) is 12.8 Å². The maximum Gasteiger partial charge on any atom is 0.243 e. The van der Waals surface area contributed by atoms with E-state index in [2.05, 4.69) is 6.92 Å². The molecule has 1 saturated heterocycles. The highest BCUT2D eigenvalue weighted by molar-refractivity contribution is 7.89. The van der Waals surface area contributed by atoms with Crippen LogP contribution in [-0.4, -0.2) is 25.8 Å². The van der Waals surface area contributed by atoms with Crippen LogP contribution in [0.4, 0.5) is 0 Å². The number of halogens is 1. The summed E-state index contributed by atoms with van der Waals surface area (Å²) in [7, 11) is -3.38. The molecule has 1 aliphatic heterocycles. The average molecular weight is 330 g/mol. The number of nitrogens with zero attached hydrogens (tertiary/aromatic N) is 1. The zero-order valence-corrected chi connectivity index (χ0v) is 14.4. The van der Waals surface area contributed by atoms with E-state index in [-0.39, 0.29) is 0 Å². The maximum absolute atomic E-state index is 12.7. The SMILES string of the molecule is CCCC1CCN(S(=O)(=O)c2ccc(C)c(CCl)c2)CC1. The van der Waals surface area contributed by atoms with Gasteiger partial charge >= 0.3 is 0 Å². The highest BCUT2D eigenvalue weighted by atomic mass is 35.5. The van der Waals surface area contributed by atoms with E-state index >= 15 is 0 Å². The molecule has 21 heavy (non-hydrogen) atoms. The Hall–Kier alpha value is -0.580. The van der Waals surface area contributed by atoms with Crippen LogP contribution in [-0.2, 0) is 15.9 Å². The summed E-state index contributed by atoms with van der Waals surface area (Å²) in [5, 5.41) is 0. The van der Waals surface area contributed by atoms with Gasteiger partial charge in [0.2, 0.25) is 10.0 Å². The van der Waals surface area contributed by atoms with Gasteiger partial charge < -0.3 is 0 Å². The number of hydrogen-bond acceptors (Lipinski definition) is 2. The second kappa shape index (κ2) is 7.12. The second-order valence-electron chi connectivity index (χ2n) is 5.86. The fourth-order valence-electron chi connectivity index (χ4n) is 2.95. The molecule has 0 unspecified atom stereocenters. The van der Waals surface area contributed by atoms with Gasteiger partial charge in [0.05, 0.1) is 4.90 Å². The Morgan fingerprint density at radius 2 is 1.95 bits per heavy atom. The fourth-order valence-corrected chi connectivity index (χ4v) is 4.76. The predicted molar refractivity (Wildman–Crippen MR) is 87.1 cm³/mol. The normalized spacial score (nSPS) is 18.0. The van der Waals surface area contributed by atoms with E-state index in [1.807, 2.05) is 13.0 Å². The number of rotatable bonds is 5. The van der Waals surface area contributed by atoms with Gasteiger partial charge in [-0.3, -0.25) is 0 Å². The Labute approximate surface area is 133 Å². The minimum atomic E-state index is -3.38. The van der Waals surface area contributed by atoms with E-state index in [0.717, 1.165) is 24.0 Å². The molecule has 0 spiro atoms. The smallest absolute Gasteiger partial charge is 0.207 e. The summed E-state index contributed by atoms with van der Waals surface area (Å²) in [6.45, 7) is 5.40. The molecular formula is C16H24ClNO2S. The summed E-state index contributed by atoms with van der Waals surface area (Å²) >= 11 is 5.89. The molecule has 2 rings (SSSR count). The Bertz CT molecular complexity index is 578.